The van der Waals surface area contributed by atoms with Gasteiger partial charge < -0.3 is 10.6 Å². The number of hydrogen-bond donors (Lipinski definition) is 1. The Bertz CT molecular complexity index is 470. The van der Waals surface area contributed by atoms with Crippen LogP contribution in [0.2, 0.25) is 0 Å². The zero-order valence-corrected chi connectivity index (χ0v) is 10.9. The minimum absolute atomic E-state index is 0.0579. The van der Waals surface area contributed by atoms with Gasteiger partial charge in [0.1, 0.15) is 5.82 Å². The Hall–Kier alpha value is -1.42. The predicted molar refractivity (Wildman–Crippen MR) is 70.8 cm³/mol. The minimum atomic E-state index is -0.254. The fraction of sp³-hybridized carbons (Fsp3) is 0.533. The molecule has 1 saturated carbocycles. The van der Waals surface area contributed by atoms with Crippen molar-refractivity contribution in [3.8, 4) is 0 Å². The van der Waals surface area contributed by atoms with Crippen LogP contribution in [-0.4, -0.2) is 22.9 Å². The van der Waals surface area contributed by atoms with E-state index in [9.17, 15) is 9.18 Å². The highest BCUT2D eigenvalue weighted by Gasteiger charge is 2.41. The van der Waals surface area contributed by atoms with E-state index in [0.717, 1.165) is 31.2 Å². The fourth-order valence-electron chi connectivity index (χ4n) is 2.99. The molecule has 0 radical (unpaired) electrons. The van der Waals surface area contributed by atoms with Gasteiger partial charge in [0, 0.05) is 18.5 Å². The average Bonchev–Trinajstić information content (AvgIpc) is 3.20. The van der Waals surface area contributed by atoms with Gasteiger partial charge in [0.05, 0.1) is 6.04 Å². The van der Waals surface area contributed by atoms with Crippen LogP contribution in [0, 0.1) is 5.82 Å². The third-order valence-electron chi connectivity index (χ3n) is 4.07. The molecular weight excluding hydrogens is 243 g/mol. The molecule has 4 heteroatoms. The van der Waals surface area contributed by atoms with E-state index in [4.69, 9.17) is 5.73 Å². The standard InChI is InChI=1S/C15H19FN2O/c16-11-6-4-10(5-7-11)15-13(17)2-1-3-14(19)18(15)12-8-9-12/h4-7,12-13,15H,1-3,8-9,17H2. The number of rotatable bonds is 2. The van der Waals surface area contributed by atoms with Crippen LogP contribution in [0.25, 0.3) is 0 Å². The van der Waals surface area contributed by atoms with Crippen molar-refractivity contribution >= 4 is 5.91 Å². The van der Waals surface area contributed by atoms with Crippen LogP contribution < -0.4 is 5.73 Å². The summed E-state index contributed by atoms with van der Waals surface area (Å²) in [6.45, 7) is 0. The molecule has 0 spiro atoms. The average molecular weight is 262 g/mol. The Kier molecular flexibility index (Phi) is 3.27. The highest BCUT2D eigenvalue weighted by molar-refractivity contribution is 5.78. The lowest BCUT2D eigenvalue weighted by molar-refractivity contribution is -0.133. The molecule has 3 nitrogen and oxygen atoms in total. The topological polar surface area (TPSA) is 46.3 Å². The van der Waals surface area contributed by atoms with Crippen LogP contribution in [0.4, 0.5) is 4.39 Å². The number of likely N-dealkylation sites (tertiary alicyclic amines) is 1. The summed E-state index contributed by atoms with van der Waals surface area (Å²) in [7, 11) is 0. The molecule has 2 unspecified atom stereocenters. The van der Waals surface area contributed by atoms with Gasteiger partial charge in [-0.25, -0.2) is 4.39 Å². The zero-order chi connectivity index (χ0) is 13.4. The first kappa shape index (κ1) is 12.6. The molecule has 1 aliphatic heterocycles. The summed E-state index contributed by atoms with van der Waals surface area (Å²) in [6, 6.07) is 6.60. The quantitative estimate of drug-likeness (QED) is 0.889. The van der Waals surface area contributed by atoms with Gasteiger partial charge in [-0.15, -0.1) is 0 Å². The molecule has 1 amide bonds. The first-order chi connectivity index (χ1) is 9.16. The van der Waals surface area contributed by atoms with Crippen LogP contribution in [0.3, 0.4) is 0 Å². The SMILES string of the molecule is NC1CCCC(=O)N(C2CC2)C1c1ccc(F)cc1. The second-order valence-electron chi connectivity index (χ2n) is 5.58. The van der Waals surface area contributed by atoms with Crippen LogP contribution >= 0.6 is 0 Å². The van der Waals surface area contributed by atoms with Crippen LogP contribution in [0.1, 0.15) is 43.7 Å². The van der Waals surface area contributed by atoms with E-state index in [1.165, 1.54) is 12.1 Å². The summed E-state index contributed by atoms with van der Waals surface area (Å²) in [4.78, 5) is 14.3. The number of carbonyl (C=O) groups is 1. The lowest BCUT2D eigenvalue weighted by atomic mass is 9.96. The Balaban J connectivity index is 1.96. The van der Waals surface area contributed by atoms with Gasteiger partial charge in [-0.2, -0.15) is 0 Å². The Morgan fingerprint density at radius 3 is 2.47 bits per heavy atom. The summed E-state index contributed by atoms with van der Waals surface area (Å²) in [5.41, 5.74) is 7.23. The normalized spacial score (nSPS) is 28.3. The second-order valence-corrected chi connectivity index (χ2v) is 5.58. The van der Waals surface area contributed by atoms with Gasteiger partial charge in [0.15, 0.2) is 0 Å². The van der Waals surface area contributed by atoms with Crippen molar-refractivity contribution in [3.05, 3.63) is 35.6 Å². The number of amides is 1. The van der Waals surface area contributed by atoms with Crippen LogP contribution in [0.15, 0.2) is 24.3 Å². The first-order valence-corrected chi connectivity index (χ1v) is 6.99. The van der Waals surface area contributed by atoms with Gasteiger partial charge >= 0.3 is 0 Å². The van der Waals surface area contributed by atoms with Crippen molar-refractivity contribution in [1.29, 1.82) is 0 Å². The third-order valence-corrected chi connectivity index (χ3v) is 4.07. The summed E-state index contributed by atoms with van der Waals surface area (Å²) in [6.07, 6.45) is 4.41. The van der Waals surface area contributed by atoms with Crippen molar-refractivity contribution in [1.82, 2.24) is 4.90 Å². The molecule has 1 aromatic carbocycles. The van der Waals surface area contributed by atoms with E-state index < -0.39 is 0 Å². The van der Waals surface area contributed by atoms with E-state index in [0.29, 0.717) is 12.5 Å². The molecule has 1 aliphatic carbocycles. The molecule has 3 rings (SSSR count). The lowest BCUT2D eigenvalue weighted by Gasteiger charge is -2.34. The van der Waals surface area contributed by atoms with Crippen molar-refractivity contribution in [3.63, 3.8) is 0 Å². The van der Waals surface area contributed by atoms with Gasteiger partial charge in [-0.1, -0.05) is 12.1 Å². The number of carbonyl (C=O) groups excluding carboxylic acids is 1. The van der Waals surface area contributed by atoms with Crippen LogP contribution in [0.5, 0.6) is 0 Å². The highest BCUT2D eigenvalue weighted by atomic mass is 19.1. The van der Waals surface area contributed by atoms with E-state index in [1.54, 1.807) is 12.1 Å². The Labute approximate surface area is 112 Å². The van der Waals surface area contributed by atoms with Crippen molar-refractivity contribution < 1.29 is 9.18 Å². The van der Waals surface area contributed by atoms with E-state index >= 15 is 0 Å². The second kappa shape index (κ2) is 4.93. The molecule has 102 valence electrons. The summed E-state index contributed by atoms with van der Waals surface area (Å²) in [5, 5.41) is 0. The largest absolute Gasteiger partial charge is 0.331 e. The predicted octanol–water partition coefficient (Wildman–Crippen LogP) is 2.37. The molecule has 1 heterocycles. The molecule has 2 aliphatic rings. The maximum atomic E-state index is 13.1. The van der Waals surface area contributed by atoms with Crippen molar-refractivity contribution in [2.75, 3.05) is 0 Å². The number of nitrogens with zero attached hydrogens (tertiary/aromatic N) is 1. The molecule has 2 atom stereocenters. The Morgan fingerprint density at radius 2 is 1.84 bits per heavy atom. The molecule has 0 bridgehead atoms. The molecule has 19 heavy (non-hydrogen) atoms. The van der Waals surface area contributed by atoms with Gasteiger partial charge in [0.25, 0.3) is 0 Å². The Morgan fingerprint density at radius 1 is 1.16 bits per heavy atom. The number of halogens is 1. The van der Waals surface area contributed by atoms with Crippen LogP contribution in [-0.2, 0) is 4.79 Å². The maximum absolute atomic E-state index is 13.1. The number of nitrogens with two attached hydrogens (primary N) is 1. The van der Waals surface area contributed by atoms with Gasteiger partial charge in [0.2, 0.25) is 5.91 Å². The molecule has 2 N–H and O–H groups in total. The third kappa shape index (κ3) is 2.50. The summed E-state index contributed by atoms with van der Waals surface area (Å²) >= 11 is 0. The minimum Gasteiger partial charge on any atom is -0.331 e. The van der Waals surface area contributed by atoms with Crippen molar-refractivity contribution in [2.45, 2.75) is 50.2 Å². The highest BCUT2D eigenvalue weighted by Crippen LogP contribution is 2.39. The molecule has 0 aromatic heterocycles. The van der Waals surface area contributed by atoms with Gasteiger partial charge in [-0.05, 0) is 43.4 Å². The smallest absolute Gasteiger partial charge is 0.223 e. The number of benzene rings is 1. The van der Waals surface area contributed by atoms with Gasteiger partial charge in [-0.3, -0.25) is 4.79 Å². The monoisotopic (exact) mass is 262 g/mol. The maximum Gasteiger partial charge on any atom is 0.223 e. The van der Waals surface area contributed by atoms with Crippen molar-refractivity contribution in [2.24, 2.45) is 5.73 Å². The molecule has 1 aromatic rings. The number of hydrogen-bond acceptors (Lipinski definition) is 2. The first-order valence-electron chi connectivity index (χ1n) is 6.99. The molecule has 1 saturated heterocycles. The van der Waals surface area contributed by atoms with E-state index in [-0.39, 0.29) is 23.8 Å². The summed E-state index contributed by atoms with van der Waals surface area (Å²) in [5.74, 6) is -0.0555. The molecular formula is C15H19FN2O. The molecule has 2 fully saturated rings. The summed E-state index contributed by atoms with van der Waals surface area (Å²) < 4.78 is 13.1. The zero-order valence-electron chi connectivity index (χ0n) is 10.9. The van der Waals surface area contributed by atoms with E-state index in [1.807, 2.05) is 4.90 Å². The fourth-order valence-corrected chi connectivity index (χ4v) is 2.99. The van der Waals surface area contributed by atoms with E-state index in [2.05, 4.69) is 0 Å². The lowest BCUT2D eigenvalue weighted by Crippen LogP contribution is -2.43.